The van der Waals surface area contributed by atoms with Gasteiger partial charge in [0.15, 0.2) is 0 Å². The van der Waals surface area contributed by atoms with Crippen LogP contribution in [0, 0.1) is 5.92 Å². The second-order valence-electron chi connectivity index (χ2n) is 5.81. The lowest BCUT2D eigenvalue weighted by Gasteiger charge is -2.32. The zero-order valence-electron chi connectivity index (χ0n) is 12.7. The molecule has 1 fully saturated rings. The average molecular weight is 275 g/mol. The Bertz CT molecular complexity index is 455. The summed E-state index contributed by atoms with van der Waals surface area (Å²) >= 11 is 0. The second kappa shape index (κ2) is 6.40. The van der Waals surface area contributed by atoms with E-state index in [-0.39, 0.29) is 18.0 Å². The van der Waals surface area contributed by atoms with Crippen molar-refractivity contribution < 1.29 is 9.90 Å². The van der Waals surface area contributed by atoms with Crippen molar-refractivity contribution in [2.75, 3.05) is 6.54 Å². The van der Waals surface area contributed by atoms with Crippen molar-refractivity contribution in [1.29, 1.82) is 0 Å². The molecule has 20 heavy (non-hydrogen) atoms. The van der Waals surface area contributed by atoms with Gasteiger partial charge in [-0.25, -0.2) is 0 Å². The molecule has 1 heterocycles. The molecule has 3 atom stereocenters. The average Bonchev–Trinajstić information content (AvgIpc) is 2.82. The Balaban J connectivity index is 2.24. The highest BCUT2D eigenvalue weighted by atomic mass is 16.4. The topological polar surface area (TPSA) is 40.5 Å². The summed E-state index contributed by atoms with van der Waals surface area (Å²) in [7, 11) is 0. The number of rotatable bonds is 5. The normalized spacial score (nSPS) is 24.8. The molecular formula is C17H25NO2. The summed E-state index contributed by atoms with van der Waals surface area (Å²) in [6, 6.07) is 8.52. The number of carboxylic acids is 1. The first-order valence-corrected chi connectivity index (χ1v) is 7.65. The monoisotopic (exact) mass is 275 g/mol. The Morgan fingerprint density at radius 2 is 2.00 bits per heavy atom. The van der Waals surface area contributed by atoms with Gasteiger partial charge in [0.05, 0.1) is 0 Å². The Morgan fingerprint density at radius 1 is 1.35 bits per heavy atom. The van der Waals surface area contributed by atoms with Crippen molar-refractivity contribution in [3.63, 3.8) is 0 Å². The highest BCUT2D eigenvalue weighted by molar-refractivity contribution is 5.74. The second-order valence-corrected chi connectivity index (χ2v) is 5.81. The predicted octanol–water partition coefficient (Wildman–Crippen LogP) is 3.50. The fourth-order valence-electron chi connectivity index (χ4n) is 3.35. The summed E-state index contributed by atoms with van der Waals surface area (Å²) in [5.74, 6) is -0.449. The van der Waals surface area contributed by atoms with Crippen molar-refractivity contribution in [2.45, 2.75) is 52.1 Å². The maximum atomic E-state index is 11.5. The summed E-state index contributed by atoms with van der Waals surface area (Å²) in [6.45, 7) is 7.22. The van der Waals surface area contributed by atoms with Gasteiger partial charge < -0.3 is 5.11 Å². The first-order chi connectivity index (χ1) is 9.58. The first kappa shape index (κ1) is 15.0. The van der Waals surface area contributed by atoms with Crippen molar-refractivity contribution in [2.24, 2.45) is 5.92 Å². The van der Waals surface area contributed by atoms with Crippen LogP contribution in [-0.2, 0) is 11.2 Å². The van der Waals surface area contributed by atoms with E-state index in [1.54, 1.807) is 0 Å². The maximum absolute atomic E-state index is 11.5. The van der Waals surface area contributed by atoms with Crippen LogP contribution < -0.4 is 0 Å². The number of aryl methyl sites for hydroxylation is 1. The van der Waals surface area contributed by atoms with Crippen LogP contribution in [0.5, 0.6) is 0 Å². The Kier molecular flexibility index (Phi) is 4.81. The molecule has 1 aromatic rings. The van der Waals surface area contributed by atoms with Crippen LogP contribution in [0.15, 0.2) is 24.3 Å². The number of nitrogens with zero attached hydrogens (tertiary/aromatic N) is 1. The Hall–Kier alpha value is -1.35. The van der Waals surface area contributed by atoms with Crippen LogP contribution in [-0.4, -0.2) is 28.6 Å². The number of hydrogen-bond donors (Lipinski definition) is 1. The molecule has 2 rings (SSSR count). The number of hydrogen-bond acceptors (Lipinski definition) is 2. The van der Waals surface area contributed by atoms with Crippen LogP contribution in [0.1, 0.15) is 50.8 Å². The lowest BCUT2D eigenvalue weighted by molar-refractivity contribution is -0.144. The van der Waals surface area contributed by atoms with E-state index in [4.69, 9.17) is 0 Å². The van der Waals surface area contributed by atoms with Gasteiger partial charge in [0.1, 0.15) is 6.04 Å². The van der Waals surface area contributed by atoms with E-state index in [9.17, 15) is 9.90 Å². The summed E-state index contributed by atoms with van der Waals surface area (Å²) in [5, 5.41) is 9.49. The molecule has 1 N–H and O–H groups in total. The molecule has 3 nitrogen and oxygen atoms in total. The Labute approximate surface area is 121 Å². The molecule has 0 aliphatic carbocycles. The molecule has 0 spiro atoms. The quantitative estimate of drug-likeness (QED) is 0.894. The van der Waals surface area contributed by atoms with Gasteiger partial charge in [0.25, 0.3) is 0 Å². The van der Waals surface area contributed by atoms with E-state index < -0.39 is 5.97 Å². The zero-order valence-corrected chi connectivity index (χ0v) is 12.7. The number of carboxylic acid groups (broad SMARTS) is 1. The largest absolute Gasteiger partial charge is 0.480 e. The third-order valence-electron chi connectivity index (χ3n) is 4.55. The van der Waals surface area contributed by atoms with Gasteiger partial charge in [0, 0.05) is 6.04 Å². The lowest BCUT2D eigenvalue weighted by atomic mass is 9.98. The number of benzene rings is 1. The minimum atomic E-state index is -0.682. The van der Waals surface area contributed by atoms with E-state index >= 15 is 0 Å². The van der Waals surface area contributed by atoms with E-state index in [0.29, 0.717) is 0 Å². The van der Waals surface area contributed by atoms with Crippen LogP contribution in [0.2, 0.25) is 0 Å². The van der Waals surface area contributed by atoms with Gasteiger partial charge in [-0.2, -0.15) is 0 Å². The molecule has 1 aromatic carbocycles. The molecule has 0 amide bonds. The van der Waals surface area contributed by atoms with Gasteiger partial charge in [0.2, 0.25) is 0 Å². The fraction of sp³-hybridized carbons (Fsp3) is 0.588. The Morgan fingerprint density at radius 3 is 2.50 bits per heavy atom. The zero-order chi connectivity index (χ0) is 14.7. The highest BCUT2D eigenvalue weighted by Gasteiger charge is 2.40. The molecule has 0 saturated carbocycles. The summed E-state index contributed by atoms with van der Waals surface area (Å²) in [5.41, 5.74) is 2.57. The van der Waals surface area contributed by atoms with Crippen LogP contribution in [0.3, 0.4) is 0 Å². The van der Waals surface area contributed by atoms with E-state index in [1.807, 2.05) is 6.92 Å². The molecule has 3 unspecified atom stereocenters. The highest BCUT2D eigenvalue weighted by Crippen LogP contribution is 2.34. The third-order valence-corrected chi connectivity index (χ3v) is 4.55. The van der Waals surface area contributed by atoms with Gasteiger partial charge >= 0.3 is 5.97 Å². The molecule has 1 aliphatic heterocycles. The molecule has 3 heteroatoms. The predicted molar refractivity (Wildman–Crippen MR) is 80.8 cm³/mol. The molecule has 0 radical (unpaired) electrons. The number of aliphatic carboxylic acids is 1. The van der Waals surface area contributed by atoms with Gasteiger partial charge in [-0.1, -0.05) is 45.0 Å². The van der Waals surface area contributed by atoms with Crippen LogP contribution in [0.4, 0.5) is 0 Å². The molecular weight excluding hydrogens is 250 g/mol. The van der Waals surface area contributed by atoms with Crippen molar-refractivity contribution in [1.82, 2.24) is 4.90 Å². The molecule has 110 valence electrons. The number of carbonyl (C=O) groups is 1. The molecule has 0 bridgehead atoms. The van der Waals surface area contributed by atoms with E-state index in [1.165, 1.54) is 11.1 Å². The standard InChI is InChI=1S/C17H25NO2/c1-4-13-6-8-14(9-7-13)15(5-2)18-11-10-12(3)16(18)17(19)20/h6-9,12,15-16H,4-5,10-11H2,1-3H3,(H,19,20). The molecule has 1 aliphatic rings. The van der Waals surface area contributed by atoms with Crippen molar-refractivity contribution in [3.05, 3.63) is 35.4 Å². The van der Waals surface area contributed by atoms with Gasteiger partial charge in [-0.3, -0.25) is 9.69 Å². The van der Waals surface area contributed by atoms with Crippen molar-refractivity contribution in [3.8, 4) is 0 Å². The van der Waals surface area contributed by atoms with Crippen molar-refractivity contribution >= 4 is 5.97 Å². The summed E-state index contributed by atoms with van der Waals surface area (Å²) in [4.78, 5) is 13.7. The number of likely N-dealkylation sites (tertiary alicyclic amines) is 1. The van der Waals surface area contributed by atoms with E-state index in [0.717, 1.165) is 25.8 Å². The fourth-order valence-corrected chi connectivity index (χ4v) is 3.35. The van der Waals surface area contributed by atoms with Crippen LogP contribution >= 0.6 is 0 Å². The third kappa shape index (κ3) is 2.88. The molecule has 0 aromatic heterocycles. The van der Waals surface area contributed by atoms with E-state index in [2.05, 4.69) is 43.0 Å². The van der Waals surface area contributed by atoms with Crippen LogP contribution in [0.25, 0.3) is 0 Å². The van der Waals surface area contributed by atoms with Gasteiger partial charge in [-0.05, 0) is 42.9 Å². The summed E-state index contributed by atoms with van der Waals surface area (Å²) < 4.78 is 0. The minimum Gasteiger partial charge on any atom is -0.480 e. The lowest BCUT2D eigenvalue weighted by Crippen LogP contribution is -2.41. The minimum absolute atomic E-state index is 0.215. The summed E-state index contributed by atoms with van der Waals surface area (Å²) in [6.07, 6.45) is 2.96. The van der Waals surface area contributed by atoms with Gasteiger partial charge in [-0.15, -0.1) is 0 Å². The maximum Gasteiger partial charge on any atom is 0.321 e. The first-order valence-electron chi connectivity index (χ1n) is 7.65. The SMILES string of the molecule is CCc1ccc(C(CC)N2CCC(C)C2C(=O)O)cc1. The smallest absolute Gasteiger partial charge is 0.321 e. The molecule has 1 saturated heterocycles.